The number of phosphoric acid groups is 2. The highest BCUT2D eigenvalue weighted by atomic mass is 31.2. The van der Waals surface area contributed by atoms with Crippen molar-refractivity contribution in [3.8, 4) is 46.0 Å². The number of ether oxygens (including phenoxy) is 6. The van der Waals surface area contributed by atoms with E-state index in [1.807, 2.05) is 0 Å². The largest absolute Gasteiger partial charge is 0.524 e. The van der Waals surface area contributed by atoms with E-state index < -0.39 is 39.7 Å². The predicted octanol–water partition coefficient (Wildman–Crippen LogP) is 3.26. The third-order valence-electron chi connectivity index (χ3n) is 10.0. The molecule has 26 nitrogen and oxygen atoms in total. The molecule has 0 aliphatic heterocycles. The molecule has 2 heterocycles. The number of aliphatic carboxylic acids is 2. The number of hydrogen-bond donors (Lipinski definition) is 12. The van der Waals surface area contributed by atoms with E-state index in [0.29, 0.717) is 58.1 Å². The number of H-pyrrole nitrogens is 4. The van der Waals surface area contributed by atoms with E-state index in [9.17, 15) is 28.9 Å². The van der Waals surface area contributed by atoms with Crippen molar-refractivity contribution in [3.63, 3.8) is 0 Å². The highest BCUT2D eigenvalue weighted by Gasteiger charge is 2.21. The second kappa shape index (κ2) is 30.6. The molecule has 2 aromatic heterocycles. The third-order valence-corrected chi connectivity index (χ3v) is 10.9. The van der Waals surface area contributed by atoms with Gasteiger partial charge < -0.3 is 69.4 Å². The lowest BCUT2D eigenvalue weighted by atomic mass is 10.1. The van der Waals surface area contributed by atoms with Crippen LogP contribution < -0.4 is 58.9 Å². The smallest absolute Gasteiger partial charge is 0.496 e. The van der Waals surface area contributed by atoms with Crippen LogP contribution >= 0.6 is 15.6 Å². The summed E-state index contributed by atoms with van der Waals surface area (Å²) in [4.78, 5) is 67.8. The summed E-state index contributed by atoms with van der Waals surface area (Å²) in [6.45, 7) is -0.449. The van der Waals surface area contributed by atoms with Gasteiger partial charge >= 0.3 is 27.6 Å². The summed E-state index contributed by atoms with van der Waals surface area (Å²) in [7, 11) is -0.698. The average molecular weight is 1100 g/mol. The van der Waals surface area contributed by atoms with Crippen molar-refractivity contribution in [2.24, 2.45) is 11.5 Å². The number of phosphoric ester groups is 2. The number of methoxy groups -OCH3 is 6. The fourth-order valence-electron chi connectivity index (χ4n) is 6.41. The van der Waals surface area contributed by atoms with Gasteiger partial charge in [0.2, 0.25) is 12.7 Å². The van der Waals surface area contributed by atoms with E-state index >= 15 is 0 Å². The summed E-state index contributed by atoms with van der Waals surface area (Å²) >= 11 is 0. The molecule has 0 aliphatic rings. The molecule has 16 N–H and O–H groups in total. The van der Waals surface area contributed by atoms with Crippen LogP contribution in [0.4, 0.5) is 0 Å². The number of rotatable bonds is 22. The molecule has 2 unspecified atom stereocenters. The normalized spacial score (nSPS) is 11.9. The van der Waals surface area contributed by atoms with Crippen molar-refractivity contribution in [3.05, 3.63) is 130 Å². The lowest BCUT2D eigenvalue weighted by Crippen LogP contribution is -2.32. The fourth-order valence-corrected chi connectivity index (χ4v) is 7.21. The van der Waals surface area contributed by atoms with Crippen LogP contribution in [0.3, 0.4) is 0 Å². The molecular formula is C48H62N6O20P2+2. The summed E-state index contributed by atoms with van der Waals surface area (Å²) in [6.07, 6.45) is 14.2. The number of aliphatic hydroxyl groups is 2. The number of hydrogen-bond acceptors (Lipinski definition) is 16. The van der Waals surface area contributed by atoms with Crippen molar-refractivity contribution in [2.75, 3.05) is 42.7 Å². The van der Waals surface area contributed by atoms with Crippen LogP contribution in [-0.4, -0.2) is 117 Å². The van der Waals surface area contributed by atoms with Gasteiger partial charge in [0.15, 0.2) is 23.0 Å². The predicted molar refractivity (Wildman–Crippen MR) is 273 cm³/mol. The molecule has 0 spiro atoms. The lowest BCUT2D eigenvalue weighted by Gasteiger charge is -2.13. The van der Waals surface area contributed by atoms with Crippen LogP contribution in [0.1, 0.15) is 44.8 Å². The monoisotopic (exact) mass is 1100 g/mol. The number of imidazole rings is 2. The van der Waals surface area contributed by atoms with E-state index in [4.69, 9.17) is 69.7 Å². The highest BCUT2D eigenvalue weighted by Crippen LogP contribution is 2.44. The molecule has 76 heavy (non-hydrogen) atoms. The van der Waals surface area contributed by atoms with Crippen LogP contribution in [0.15, 0.2) is 85.7 Å². The molecule has 0 saturated heterocycles. The zero-order valence-corrected chi connectivity index (χ0v) is 43.7. The van der Waals surface area contributed by atoms with Crippen molar-refractivity contribution >= 4 is 51.9 Å². The molecule has 0 aliphatic carbocycles. The van der Waals surface area contributed by atoms with Crippen molar-refractivity contribution in [1.29, 1.82) is 0 Å². The maximum Gasteiger partial charge on any atom is 0.524 e. The Morgan fingerprint density at radius 3 is 1.04 bits per heavy atom. The Labute approximate surface area is 435 Å². The Kier molecular flexibility index (Phi) is 25.2. The third kappa shape index (κ3) is 20.9. The van der Waals surface area contributed by atoms with Gasteiger partial charge in [0.25, 0.3) is 0 Å². The zero-order valence-electron chi connectivity index (χ0n) is 41.9. The van der Waals surface area contributed by atoms with Gasteiger partial charge in [-0.2, -0.15) is 0 Å². The van der Waals surface area contributed by atoms with Gasteiger partial charge in [-0.05, 0) is 70.8 Å². The van der Waals surface area contributed by atoms with E-state index in [1.165, 1.54) is 54.8 Å². The molecule has 0 saturated carbocycles. The molecule has 28 heteroatoms. The maximum atomic E-state index is 11.1. The molecule has 6 rings (SSSR count). The molecule has 0 bridgehead atoms. The van der Waals surface area contributed by atoms with E-state index in [2.05, 4.69) is 29.0 Å². The van der Waals surface area contributed by atoms with Crippen LogP contribution in [-0.2, 0) is 44.8 Å². The number of aliphatic hydroxyl groups excluding tert-OH is 2. The SMILES string of the molecule is COc1ccc(/C=C\c2cc(OC)c(CO)c(OC)c2)cc1OP(=O)(O)O.COc1ccc(/C=C\c2cc(OC)c(CO)c(OC)c2)cc1OP(=O)(O)O.NC(Cc1c[nH+]c[nH]1)C(=O)O.NC(Cc1c[nH+]c[nH]1)C(=O)O. The Hall–Kier alpha value is -7.74. The number of carbonyl (C=O) groups is 2. The van der Waals surface area contributed by atoms with Gasteiger partial charge in [0.05, 0.1) is 67.0 Å². The van der Waals surface area contributed by atoms with E-state index in [-0.39, 0.29) is 36.2 Å². The summed E-state index contributed by atoms with van der Waals surface area (Å²) in [5.74, 6) is 0.219. The Morgan fingerprint density at radius 2 is 0.803 bits per heavy atom. The van der Waals surface area contributed by atoms with Gasteiger partial charge in [-0.15, -0.1) is 0 Å². The van der Waals surface area contributed by atoms with Crippen LogP contribution in [0.5, 0.6) is 46.0 Å². The summed E-state index contributed by atoms with van der Waals surface area (Å²) in [6, 6.07) is 14.7. The van der Waals surface area contributed by atoms with Gasteiger partial charge in [-0.25, -0.2) is 19.1 Å². The van der Waals surface area contributed by atoms with Crippen molar-refractivity contribution < 1.29 is 106 Å². The molecule has 0 fully saturated rings. The number of nitrogens with one attached hydrogen (secondary N) is 4. The van der Waals surface area contributed by atoms with E-state index in [0.717, 1.165) is 22.5 Å². The number of aromatic amines is 4. The van der Waals surface area contributed by atoms with Gasteiger partial charge in [0, 0.05) is 12.8 Å². The Balaban J connectivity index is 0.000000289. The fraction of sp³-hybridized carbons (Fsp3) is 0.250. The molecule has 412 valence electrons. The maximum absolute atomic E-state index is 11.1. The molecule has 0 amide bonds. The number of nitrogens with two attached hydrogens (primary N) is 2. The zero-order chi connectivity index (χ0) is 56.6. The molecule has 2 atom stereocenters. The topological polar surface area (TPSA) is 416 Å². The van der Waals surface area contributed by atoms with E-state index in [1.54, 1.807) is 97.9 Å². The van der Waals surface area contributed by atoms with Gasteiger partial charge in [-0.1, -0.05) is 36.4 Å². The molecular weight excluding hydrogens is 1040 g/mol. The van der Waals surface area contributed by atoms with Gasteiger partial charge in [-0.3, -0.25) is 39.1 Å². The molecule has 6 aromatic rings. The summed E-state index contributed by atoms with van der Waals surface area (Å²) in [5.41, 5.74) is 16.0. The molecule has 4 aromatic carbocycles. The minimum absolute atomic E-state index is 0.0706. The van der Waals surface area contributed by atoms with Crippen LogP contribution in [0, 0.1) is 0 Å². The number of benzene rings is 4. The van der Waals surface area contributed by atoms with Crippen LogP contribution in [0.2, 0.25) is 0 Å². The first-order valence-corrected chi connectivity index (χ1v) is 25.1. The number of carboxylic acids is 2. The average Bonchev–Trinajstić information content (AvgIpc) is 4.11. The highest BCUT2D eigenvalue weighted by molar-refractivity contribution is 7.47. The number of aromatic nitrogens is 4. The van der Waals surface area contributed by atoms with Crippen LogP contribution in [0.25, 0.3) is 24.3 Å². The first-order valence-electron chi connectivity index (χ1n) is 22.0. The Bertz CT molecular complexity index is 2700. The Morgan fingerprint density at radius 1 is 0.513 bits per heavy atom. The standard InChI is InChI=1S/2C18H21O8P.2C6H9N3O2/c2*1-23-15-7-6-12(8-18(15)26-27(20,21)22)4-5-13-9-16(24-2)14(11-19)17(10-13)25-3;2*7-5(6(10)11)1-4-2-8-3-9-4/h2*4-10,19H,11H2,1-3H3,(H2,20,21,22);2*2-3,5H,1,7H2,(H,8,9)(H,10,11)/p+2/b2*5-4-;;. The van der Waals surface area contributed by atoms with Crippen molar-refractivity contribution in [1.82, 2.24) is 9.97 Å². The second-order valence-electron chi connectivity index (χ2n) is 15.3. The van der Waals surface area contributed by atoms with Crippen molar-refractivity contribution in [2.45, 2.75) is 38.1 Å². The van der Waals surface area contributed by atoms with Gasteiger partial charge in [0.1, 0.15) is 58.9 Å². The minimum atomic E-state index is -4.72. The quantitative estimate of drug-likeness (QED) is 0.0343. The first kappa shape index (κ1) is 62.6. The lowest BCUT2D eigenvalue weighted by molar-refractivity contribution is -0.376. The molecule has 0 radical (unpaired) electrons. The summed E-state index contributed by atoms with van der Waals surface area (Å²) in [5, 5.41) is 35.8. The minimum Gasteiger partial charge on any atom is -0.496 e. The second-order valence-corrected chi connectivity index (χ2v) is 17.7. The number of carboxylic acid groups (broad SMARTS) is 2. The summed E-state index contributed by atoms with van der Waals surface area (Å²) < 4.78 is 62.7. The first-order chi connectivity index (χ1) is 36.0.